The smallest absolute Gasteiger partial charge is 0.261 e. The molecule has 0 aliphatic carbocycles. The van der Waals surface area contributed by atoms with Crippen LogP contribution < -0.4 is 0 Å². The Hall–Kier alpha value is -3.09. The van der Waals surface area contributed by atoms with E-state index in [1.165, 1.54) is 11.2 Å². The quantitative estimate of drug-likeness (QED) is 0.579. The van der Waals surface area contributed by atoms with Gasteiger partial charge in [-0.15, -0.1) is 0 Å². The lowest BCUT2D eigenvalue weighted by Gasteiger charge is -2.16. The minimum atomic E-state index is -0.220. The maximum atomic E-state index is 12.3. The molecule has 3 heterocycles. The van der Waals surface area contributed by atoms with E-state index >= 15 is 0 Å². The third-order valence-electron chi connectivity index (χ3n) is 5.09. The van der Waals surface area contributed by atoms with Gasteiger partial charge in [-0.25, -0.2) is 9.97 Å². The summed E-state index contributed by atoms with van der Waals surface area (Å²) in [6.45, 7) is 1.51. The average Bonchev–Trinajstić information content (AvgIpc) is 3.23. The highest BCUT2D eigenvalue weighted by Gasteiger charge is 2.34. The highest BCUT2D eigenvalue weighted by molar-refractivity contribution is 6.21. The number of fused-ring (bicyclic) bond motifs is 2. The van der Waals surface area contributed by atoms with Crippen LogP contribution in [0.5, 0.6) is 0 Å². The molecule has 138 valence electrons. The standard InChI is InChI=1S/C20H20N4O3/c25-18(23-11-14-10-21-13-22-17(14)12-23)8-2-1-5-9-24-19(26)15-6-3-4-7-16(15)20(24)27/h3-4,6-7,10,13H,1-2,5,8-9,11-12H2. The molecule has 2 aliphatic rings. The minimum absolute atomic E-state index is 0.105. The minimum Gasteiger partial charge on any atom is -0.332 e. The zero-order valence-electron chi connectivity index (χ0n) is 14.9. The first kappa shape index (κ1) is 17.3. The number of nitrogens with zero attached hydrogens (tertiary/aromatic N) is 4. The van der Waals surface area contributed by atoms with Crippen LogP contribution in [0.3, 0.4) is 0 Å². The number of benzene rings is 1. The van der Waals surface area contributed by atoms with Crippen LogP contribution in [0.25, 0.3) is 0 Å². The molecule has 0 saturated carbocycles. The fourth-order valence-corrected chi connectivity index (χ4v) is 3.60. The number of unbranched alkanes of at least 4 members (excludes halogenated alkanes) is 2. The van der Waals surface area contributed by atoms with Crippen LogP contribution >= 0.6 is 0 Å². The topological polar surface area (TPSA) is 83.5 Å². The number of amides is 3. The number of aromatic nitrogens is 2. The first-order valence-electron chi connectivity index (χ1n) is 9.16. The van der Waals surface area contributed by atoms with E-state index in [1.54, 1.807) is 35.4 Å². The van der Waals surface area contributed by atoms with Crippen molar-refractivity contribution < 1.29 is 14.4 Å². The third-order valence-corrected chi connectivity index (χ3v) is 5.09. The van der Waals surface area contributed by atoms with E-state index in [1.807, 2.05) is 0 Å². The SMILES string of the molecule is O=C(CCCCCN1C(=O)c2ccccc2C1=O)N1Cc2cncnc2C1. The van der Waals surface area contributed by atoms with E-state index in [0.29, 0.717) is 43.6 Å². The molecule has 1 aromatic heterocycles. The summed E-state index contributed by atoms with van der Waals surface area (Å²) in [6.07, 6.45) is 5.96. The molecule has 0 bridgehead atoms. The molecule has 27 heavy (non-hydrogen) atoms. The summed E-state index contributed by atoms with van der Waals surface area (Å²) >= 11 is 0. The molecule has 2 aliphatic heterocycles. The molecule has 0 fully saturated rings. The summed E-state index contributed by atoms with van der Waals surface area (Å²) < 4.78 is 0. The van der Waals surface area contributed by atoms with Crippen molar-refractivity contribution in [2.75, 3.05) is 6.54 Å². The first-order chi connectivity index (χ1) is 13.1. The molecule has 7 nitrogen and oxygen atoms in total. The summed E-state index contributed by atoms with van der Waals surface area (Å²) in [4.78, 5) is 48.2. The zero-order valence-corrected chi connectivity index (χ0v) is 14.9. The van der Waals surface area contributed by atoms with Gasteiger partial charge < -0.3 is 4.90 Å². The molecule has 0 saturated heterocycles. The summed E-state index contributed by atoms with van der Waals surface area (Å²) in [5.41, 5.74) is 2.89. The number of rotatable bonds is 6. The molecule has 0 unspecified atom stereocenters. The van der Waals surface area contributed by atoms with Gasteiger partial charge in [-0.2, -0.15) is 0 Å². The van der Waals surface area contributed by atoms with Crippen LogP contribution in [0.2, 0.25) is 0 Å². The van der Waals surface area contributed by atoms with Crippen molar-refractivity contribution in [3.05, 3.63) is 59.2 Å². The first-order valence-corrected chi connectivity index (χ1v) is 9.16. The van der Waals surface area contributed by atoms with Crippen LogP contribution in [0, 0.1) is 0 Å². The second-order valence-corrected chi connectivity index (χ2v) is 6.86. The monoisotopic (exact) mass is 364 g/mol. The third kappa shape index (κ3) is 3.32. The van der Waals surface area contributed by atoms with Gasteiger partial charge in [0.1, 0.15) is 6.33 Å². The Bertz CT molecular complexity index is 852. The Morgan fingerprint density at radius 3 is 2.44 bits per heavy atom. The lowest BCUT2D eigenvalue weighted by atomic mass is 10.1. The van der Waals surface area contributed by atoms with Gasteiger partial charge in [-0.1, -0.05) is 18.6 Å². The number of hydrogen-bond acceptors (Lipinski definition) is 5. The second-order valence-electron chi connectivity index (χ2n) is 6.86. The number of imide groups is 1. The van der Waals surface area contributed by atoms with Crippen molar-refractivity contribution in [1.29, 1.82) is 0 Å². The van der Waals surface area contributed by atoms with Gasteiger partial charge >= 0.3 is 0 Å². The molecule has 0 N–H and O–H groups in total. The maximum Gasteiger partial charge on any atom is 0.261 e. The fraction of sp³-hybridized carbons (Fsp3) is 0.350. The van der Waals surface area contributed by atoms with Gasteiger partial charge in [0.2, 0.25) is 5.91 Å². The van der Waals surface area contributed by atoms with Gasteiger partial charge in [0.15, 0.2) is 0 Å². The fourth-order valence-electron chi connectivity index (χ4n) is 3.60. The summed E-state index contributed by atoms with van der Waals surface area (Å²) in [6, 6.07) is 6.90. The molecule has 4 rings (SSSR count). The van der Waals surface area contributed by atoms with E-state index in [0.717, 1.165) is 24.1 Å². The summed E-state index contributed by atoms with van der Waals surface area (Å²) in [5.74, 6) is -0.334. The van der Waals surface area contributed by atoms with Gasteiger partial charge in [0, 0.05) is 31.3 Å². The molecule has 7 heteroatoms. The van der Waals surface area contributed by atoms with Crippen LogP contribution in [0.15, 0.2) is 36.8 Å². The highest BCUT2D eigenvalue weighted by Crippen LogP contribution is 2.23. The van der Waals surface area contributed by atoms with Crippen LogP contribution in [0.4, 0.5) is 0 Å². The van der Waals surface area contributed by atoms with Gasteiger partial charge in [-0.05, 0) is 25.0 Å². The molecule has 0 radical (unpaired) electrons. The van der Waals surface area contributed by atoms with E-state index in [9.17, 15) is 14.4 Å². The number of hydrogen-bond donors (Lipinski definition) is 0. The predicted octanol–water partition coefficient (Wildman–Crippen LogP) is 2.18. The normalized spacial score (nSPS) is 15.3. The Morgan fingerprint density at radius 2 is 1.74 bits per heavy atom. The molecule has 2 aromatic rings. The molecular formula is C20H20N4O3. The number of carbonyl (C=O) groups is 3. The molecule has 3 amide bonds. The van der Waals surface area contributed by atoms with E-state index in [4.69, 9.17) is 0 Å². The number of carbonyl (C=O) groups excluding carboxylic acids is 3. The second kappa shape index (κ2) is 7.26. The van der Waals surface area contributed by atoms with Crippen molar-refractivity contribution in [3.8, 4) is 0 Å². The maximum absolute atomic E-state index is 12.3. The van der Waals surface area contributed by atoms with Gasteiger partial charge in [0.25, 0.3) is 11.8 Å². The lowest BCUT2D eigenvalue weighted by Crippen LogP contribution is -2.30. The molecule has 1 aromatic carbocycles. The molecular weight excluding hydrogens is 344 g/mol. The van der Waals surface area contributed by atoms with Gasteiger partial charge in [-0.3, -0.25) is 19.3 Å². The van der Waals surface area contributed by atoms with E-state index < -0.39 is 0 Å². The molecule has 0 spiro atoms. The Morgan fingerprint density at radius 1 is 1.00 bits per heavy atom. The van der Waals surface area contributed by atoms with Crippen molar-refractivity contribution in [2.24, 2.45) is 0 Å². The van der Waals surface area contributed by atoms with Crippen molar-refractivity contribution in [1.82, 2.24) is 19.8 Å². The Labute approximate surface area is 157 Å². The largest absolute Gasteiger partial charge is 0.332 e. The van der Waals surface area contributed by atoms with Crippen LogP contribution in [-0.2, 0) is 17.9 Å². The summed E-state index contributed by atoms with van der Waals surface area (Å²) in [7, 11) is 0. The van der Waals surface area contributed by atoms with Crippen molar-refractivity contribution in [2.45, 2.75) is 38.8 Å². The average molecular weight is 364 g/mol. The van der Waals surface area contributed by atoms with Gasteiger partial charge in [0.05, 0.1) is 23.4 Å². The lowest BCUT2D eigenvalue weighted by molar-refractivity contribution is -0.132. The van der Waals surface area contributed by atoms with E-state index in [-0.39, 0.29) is 17.7 Å². The summed E-state index contributed by atoms with van der Waals surface area (Å²) in [5, 5.41) is 0. The highest BCUT2D eigenvalue weighted by atomic mass is 16.2. The van der Waals surface area contributed by atoms with Crippen LogP contribution in [-0.4, -0.2) is 44.0 Å². The predicted molar refractivity (Wildman–Crippen MR) is 96.6 cm³/mol. The molecule has 0 atom stereocenters. The van der Waals surface area contributed by atoms with Crippen molar-refractivity contribution in [3.63, 3.8) is 0 Å². The van der Waals surface area contributed by atoms with Crippen LogP contribution in [0.1, 0.15) is 57.7 Å². The zero-order chi connectivity index (χ0) is 18.8. The Kier molecular flexibility index (Phi) is 4.66. The van der Waals surface area contributed by atoms with Crippen molar-refractivity contribution >= 4 is 17.7 Å². The van der Waals surface area contributed by atoms with E-state index in [2.05, 4.69) is 9.97 Å². The Balaban J connectivity index is 1.20.